The van der Waals surface area contributed by atoms with E-state index in [2.05, 4.69) is 36.0 Å². The van der Waals surface area contributed by atoms with E-state index in [1.807, 2.05) is 43.6 Å². The quantitative estimate of drug-likeness (QED) is 0.109. The second kappa shape index (κ2) is 14.0. The normalized spacial score (nSPS) is 11.5. The summed E-state index contributed by atoms with van der Waals surface area (Å²) < 4.78 is 6.83. The molecule has 3 N–H and O–H groups in total. The van der Waals surface area contributed by atoms with E-state index in [0.29, 0.717) is 70.5 Å². The number of hydrogen-bond acceptors (Lipinski definition) is 9. The van der Waals surface area contributed by atoms with Crippen LogP contribution in [-0.4, -0.2) is 61.6 Å². The van der Waals surface area contributed by atoms with Crippen molar-refractivity contribution in [3.63, 3.8) is 0 Å². The first-order valence-corrected chi connectivity index (χ1v) is 16.0. The first-order chi connectivity index (χ1) is 24.1. The zero-order valence-corrected chi connectivity index (χ0v) is 27.9. The summed E-state index contributed by atoms with van der Waals surface area (Å²) in [6.07, 6.45) is 3.76. The summed E-state index contributed by atoms with van der Waals surface area (Å²) in [5, 5.41) is 27.0. The number of aryl methyl sites for hydroxylation is 4. The van der Waals surface area contributed by atoms with Crippen molar-refractivity contribution >= 4 is 51.7 Å². The van der Waals surface area contributed by atoms with E-state index in [1.165, 1.54) is 12.1 Å². The minimum absolute atomic E-state index is 0.00849. The molecule has 0 aliphatic rings. The Morgan fingerprint density at radius 3 is 1.74 bits per heavy atom. The highest BCUT2D eigenvalue weighted by Gasteiger charge is 2.20. The number of nitroso groups, excluding NO2 is 1. The van der Waals surface area contributed by atoms with Gasteiger partial charge in [0.25, 0.3) is 11.8 Å². The van der Waals surface area contributed by atoms with E-state index < -0.39 is 11.9 Å². The fourth-order valence-electron chi connectivity index (χ4n) is 5.80. The van der Waals surface area contributed by atoms with Crippen LogP contribution in [0.2, 0.25) is 0 Å². The number of aromatic carboxylic acids is 1. The van der Waals surface area contributed by atoms with Crippen LogP contribution in [0.15, 0.2) is 65.9 Å². The number of anilines is 2. The van der Waals surface area contributed by atoms with Crippen molar-refractivity contribution in [2.45, 2.75) is 60.4 Å². The molecule has 2 aromatic carbocycles. The highest BCUT2D eigenvalue weighted by molar-refractivity contribution is 6.04. The van der Waals surface area contributed by atoms with Gasteiger partial charge in [0.1, 0.15) is 17.9 Å². The predicted octanol–water partition coefficient (Wildman–Crippen LogP) is 5.16. The molecule has 0 aliphatic carbocycles. The van der Waals surface area contributed by atoms with Crippen molar-refractivity contribution < 1.29 is 19.5 Å². The maximum Gasteiger partial charge on any atom is 0.335 e. The maximum absolute atomic E-state index is 13.4. The lowest BCUT2D eigenvalue weighted by Gasteiger charge is -2.10. The van der Waals surface area contributed by atoms with Crippen molar-refractivity contribution in [1.29, 1.82) is 0 Å². The molecule has 0 saturated heterocycles. The number of amides is 2. The van der Waals surface area contributed by atoms with Gasteiger partial charge in [-0.25, -0.2) is 14.8 Å². The van der Waals surface area contributed by atoms with E-state index >= 15 is 0 Å². The zero-order valence-electron chi connectivity index (χ0n) is 27.9. The highest BCUT2D eigenvalue weighted by Crippen LogP contribution is 2.25. The standard InChI is InChI=1S/C34H35N11O5/c1-5-44-28(15-20(3)40-44)30(46)38-33-36-24-17-22(19-35-50)9-11-26(24)42(33)13-7-8-14-43-27-12-10-23(32(48)49)18-25(27)37-34(43)39-31(47)29-16-21(4)41-45(29)6-2/h7-12,15-18H,5-6,13-14,19H2,1-4H3,(H,48,49)(H,36,38,46)(H,37,39,47)/b8-7+. The lowest BCUT2D eigenvalue weighted by molar-refractivity contribution is 0.0696. The van der Waals surface area contributed by atoms with Gasteiger partial charge in [0.15, 0.2) is 0 Å². The molecule has 0 aliphatic heterocycles. The highest BCUT2D eigenvalue weighted by atomic mass is 16.4. The Kier molecular flexibility index (Phi) is 9.34. The molecule has 256 valence electrons. The predicted molar refractivity (Wildman–Crippen MR) is 186 cm³/mol. The molecule has 4 heterocycles. The number of aromatic nitrogens is 8. The number of fused-ring (bicyclic) bond motifs is 2. The lowest BCUT2D eigenvalue weighted by atomic mass is 10.2. The number of benzene rings is 2. The van der Waals surface area contributed by atoms with Gasteiger partial charge in [-0.05, 0) is 75.7 Å². The van der Waals surface area contributed by atoms with Crippen LogP contribution in [-0.2, 0) is 32.7 Å². The number of carbonyl (C=O) groups is 3. The van der Waals surface area contributed by atoms with Crippen LogP contribution in [0.5, 0.6) is 0 Å². The Morgan fingerprint density at radius 1 is 0.760 bits per heavy atom. The minimum atomic E-state index is -1.09. The van der Waals surface area contributed by atoms with E-state index in [0.717, 1.165) is 5.52 Å². The molecule has 6 aromatic rings. The van der Waals surface area contributed by atoms with Crippen LogP contribution in [0.25, 0.3) is 22.1 Å². The number of carbonyl (C=O) groups excluding carboxylic acids is 2. The first-order valence-electron chi connectivity index (χ1n) is 16.0. The van der Waals surface area contributed by atoms with E-state index in [9.17, 15) is 24.4 Å². The summed E-state index contributed by atoms with van der Waals surface area (Å²) in [4.78, 5) is 58.5. The van der Waals surface area contributed by atoms with Gasteiger partial charge < -0.3 is 14.2 Å². The summed E-state index contributed by atoms with van der Waals surface area (Å²) in [6.45, 7) is 8.99. The number of rotatable bonds is 13. The summed E-state index contributed by atoms with van der Waals surface area (Å²) in [6, 6.07) is 13.4. The average molecular weight is 678 g/mol. The van der Waals surface area contributed by atoms with Gasteiger partial charge in [-0.15, -0.1) is 0 Å². The smallest absolute Gasteiger partial charge is 0.335 e. The van der Waals surface area contributed by atoms with Crippen LogP contribution in [0.3, 0.4) is 0 Å². The fourth-order valence-corrected chi connectivity index (χ4v) is 5.80. The van der Waals surface area contributed by atoms with E-state index in [4.69, 9.17) is 0 Å². The number of nitrogens with one attached hydrogen (secondary N) is 2. The number of imidazole rings is 2. The van der Waals surface area contributed by atoms with Gasteiger partial charge in [-0.1, -0.05) is 23.4 Å². The van der Waals surface area contributed by atoms with Crippen LogP contribution in [0.4, 0.5) is 11.9 Å². The Bertz CT molecular complexity index is 2310. The first kappa shape index (κ1) is 33.5. The van der Waals surface area contributed by atoms with Crippen LogP contribution < -0.4 is 10.6 Å². The molecule has 4 aromatic heterocycles. The minimum Gasteiger partial charge on any atom is -0.478 e. The molecular formula is C34H35N11O5. The Labute approximate surface area is 285 Å². The van der Waals surface area contributed by atoms with Gasteiger partial charge in [-0.2, -0.15) is 15.1 Å². The molecule has 0 fully saturated rings. The molecule has 16 nitrogen and oxygen atoms in total. The Balaban J connectivity index is 1.31. The molecule has 50 heavy (non-hydrogen) atoms. The molecule has 0 radical (unpaired) electrons. The number of carboxylic acid groups (broad SMARTS) is 1. The molecule has 0 bridgehead atoms. The summed E-state index contributed by atoms with van der Waals surface area (Å²) >= 11 is 0. The van der Waals surface area contributed by atoms with Gasteiger partial charge in [0, 0.05) is 26.2 Å². The molecule has 0 spiro atoms. The topological polar surface area (TPSA) is 196 Å². The van der Waals surface area contributed by atoms with Crippen molar-refractivity contribution in [2.75, 3.05) is 10.6 Å². The molecule has 0 unspecified atom stereocenters. The van der Waals surface area contributed by atoms with Crippen LogP contribution >= 0.6 is 0 Å². The maximum atomic E-state index is 13.4. The fraction of sp³-hybridized carbons (Fsp3) is 0.265. The molecular weight excluding hydrogens is 642 g/mol. The van der Waals surface area contributed by atoms with Crippen molar-refractivity contribution in [3.05, 3.63) is 99.5 Å². The lowest BCUT2D eigenvalue weighted by Crippen LogP contribution is -2.20. The number of carboxylic acids is 1. The SMILES string of the molecule is CCn1nc(C)cc1C(=O)Nc1nc2cc(CN=O)ccc2n1C/C=C/Cn1c(NC(=O)c2cc(C)nn2CC)nc2cc(C(=O)O)ccc21. The van der Waals surface area contributed by atoms with Gasteiger partial charge in [0.2, 0.25) is 11.9 Å². The number of hydrogen-bond donors (Lipinski definition) is 3. The number of nitrogens with zero attached hydrogens (tertiary/aromatic N) is 9. The third-order valence-corrected chi connectivity index (χ3v) is 8.12. The van der Waals surface area contributed by atoms with Gasteiger partial charge in [-0.3, -0.25) is 29.6 Å². The molecule has 6 rings (SSSR count). The molecule has 16 heteroatoms. The third-order valence-electron chi connectivity index (χ3n) is 8.12. The Morgan fingerprint density at radius 2 is 1.26 bits per heavy atom. The van der Waals surface area contributed by atoms with E-state index in [1.54, 1.807) is 51.2 Å². The Hall–Kier alpha value is -6.45. The van der Waals surface area contributed by atoms with Crippen molar-refractivity contribution in [3.8, 4) is 0 Å². The molecule has 0 saturated carbocycles. The van der Waals surface area contributed by atoms with Crippen LogP contribution in [0, 0.1) is 18.8 Å². The summed E-state index contributed by atoms with van der Waals surface area (Å²) in [5.41, 5.74) is 5.28. The molecule has 0 atom stereocenters. The molecule has 2 amide bonds. The average Bonchev–Trinajstić information content (AvgIpc) is 3.85. The summed E-state index contributed by atoms with van der Waals surface area (Å²) in [7, 11) is 0. The summed E-state index contributed by atoms with van der Waals surface area (Å²) in [5.74, 6) is -1.32. The van der Waals surface area contributed by atoms with Gasteiger partial charge >= 0.3 is 5.97 Å². The second-order valence-corrected chi connectivity index (χ2v) is 11.6. The number of allylic oxidation sites excluding steroid dienone is 2. The van der Waals surface area contributed by atoms with E-state index in [-0.39, 0.29) is 30.5 Å². The third kappa shape index (κ3) is 6.63. The van der Waals surface area contributed by atoms with Crippen LogP contribution in [0.1, 0.15) is 62.1 Å². The second-order valence-electron chi connectivity index (χ2n) is 11.6. The largest absolute Gasteiger partial charge is 0.478 e. The monoisotopic (exact) mass is 677 g/mol. The van der Waals surface area contributed by atoms with Gasteiger partial charge in [0.05, 0.1) is 39.0 Å². The van der Waals surface area contributed by atoms with Crippen molar-refractivity contribution in [2.24, 2.45) is 5.18 Å². The van der Waals surface area contributed by atoms with Crippen molar-refractivity contribution in [1.82, 2.24) is 38.7 Å². The zero-order chi connectivity index (χ0) is 35.5.